The van der Waals surface area contributed by atoms with Gasteiger partial charge in [0.15, 0.2) is 0 Å². The Morgan fingerprint density at radius 2 is 2.04 bits per heavy atom. The summed E-state index contributed by atoms with van der Waals surface area (Å²) in [6.45, 7) is 8.39. The van der Waals surface area contributed by atoms with Crippen molar-refractivity contribution in [3.63, 3.8) is 0 Å². The molecule has 3 rings (SSSR count). The van der Waals surface area contributed by atoms with Gasteiger partial charge in [-0.1, -0.05) is 13.8 Å². The van der Waals surface area contributed by atoms with Crippen molar-refractivity contribution < 1.29 is 4.79 Å². The maximum Gasteiger partial charge on any atom is 0.222 e. The van der Waals surface area contributed by atoms with E-state index in [9.17, 15) is 4.79 Å². The number of hydrogen-bond acceptors (Lipinski definition) is 3. The predicted octanol–water partition coefficient (Wildman–Crippen LogP) is 3.48. The molecule has 0 saturated carbocycles. The second-order valence-electron chi connectivity index (χ2n) is 7.51. The Morgan fingerprint density at radius 3 is 2.73 bits per heavy atom. The Hall–Kier alpha value is -0.780. The molecule has 1 amide bonds. The molecule has 3 heterocycles. The molecule has 2 aliphatic heterocycles. The maximum atomic E-state index is 12.8. The maximum absolute atomic E-state index is 12.8. The van der Waals surface area contributed by atoms with Gasteiger partial charge in [-0.25, -0.2) is 4.98 Å². The Labute approximate surface area is 170 Å². The normalized spacial score (nSPS) is 22.2. The lowest BCUT2D eigenvalue weighted by Crippen LogP contribution is -2.42. The number of nitrogens with one attached hydrogen (secondary N) is 1. The van der Waals surface area contributed by atoms with Crippen LogP contribution in [-0.2, 0) is 11.2 Å². The second-order valence-corrected chi connectivity index (χ2v) is 7.51. The van der Waals surface area contributed by atoms with Crippen LogP contribution in [0.15, 0.2) is 12.4 Å². The Kier molecular flexibility index (Phi) is 9.98. The molecule has 1 aromatic rings. The largest absolute Gasteiger partial charge is 0.341 e. The van der Waals surface area contributed by atoms with Crippen molar-refractivity contribution in [2.75, 3.05) is 26.2 Å². The fourth-order valence-corrected chi connectivity index (χ4v) is 4.34. The van der Waals surface area contributed by atoms with Gasteiger partial charge in [0.25, 0.3) is 0 Å². The minimum atomic E-state index is 0. The summed E-state index contributed by atoms with van der Waals surface area (Å²) in [5.74, 6) is 2.69. The number of piperidine rings is 2. The van der Waals surface area contributed by atoms with E-state index < -0.39 is 0 Å². The lowest BCUT2D eigenvalue weighted by atomic mass is 9.84. The lowest BCUT2D eigenvalue weighted by molar-refractivity contribution is -0.134. The van der Waals surface area contributed by atoms with Crippen molar-refractivity contribution >= 4 is 30.7 Å². The van der Waals surface area contributed by atoms with Gasteiger partial charge in [-0.05, 0) is 50.6 Å². The van der Waals surface area contributed by atoms with E-state index in [2.05, 4.69) is 39.8 Å². The fourth-order valence-electron chi connectivity index (χ4n) is 4.34. The zero-order valence-electron chi connectivity index (χ0n) is 16.0. The first-order chi connectivity index (χ1) is 11.7. The summed E-state index contributed by atoms with van der Waals surface area (Å²) in [5, 5.41) is 3.41. The van der Waals surface area contributed by atoms with E-state index >= 15 is 0 Å². The average molecular weight is 405 g/mol. The number of nitrogens with zero attached hydrogens (tertiary/aromatic N) is 3. The van der Waals surface area contributed by atoms with Gasteiger partial charge < -0.3 is 14.8 Å². The third kappa shape index (κ3) is 5.61. The molecule has 0 aliphatic carbocycles. The van der Waals surface area contributed by atoms with Crippen molar-refractivity contribution in [1.29, 1.82) is 0 Å². The second kappa shape index (κ2) is 11.2. The number of aromatic nitrogens is 2. The molecule has 0 bridgehead atoms. The zero-order chi connectivity index (χ0) is 16.9. The first-order valence-electron chi connectivity index (χ1n) is 9.69. The minimum Gasteiger partial charge on any atom is -0.341 e. The highest BCUT2D eigenvalue weighted by Gasteiger charge is 2.28. The van der Waals surface area contributed by atoms with Gasteiger partial charge in [0.1, 0.15) is 5.82 Å². The van der Waals surface area contributed by atoms with Crippen LogP contribution in [0.2, 0.25) is 0 Å². The van der Waals surface area contributed by atoms with Crippen LogP contribution in [0, 0.1) is 11.8 Å². The van der Waals surface area contributed by atoms with E-state index in [1.807, 2.05) is 6.20 Å². The molecule has 0 aromatic carbocycles. The molecule has 2 unspecified atom stereocenters. The average Bonchev–Trinajstić information content (AvgIpc) is 3.11. The molecule has 150 valence electrons. The molecule has 5 nitrogen and oxygen atoms in total. The number of amides is 1. The van der Waals surface area contributed by atoms with Crippen LogP contribution in [0.5, 0.6) is 0 Å². The molecule has 1 aromatic heterocycles. The van der Waals surface area contributed by atoms with Crippen molar-refractivity contribution in [3.05, 3.63) is 18.2 Å². The number of halogens is 2. The van der Waals surface area contributed by atoms with Crippen LogP contribution >= 0.6 is 24.8 Å². The number of hydrogen-bond donors (Lipinski definition) is 1. The number of imidazole rings is 1. The van der Waals surface area contributed by atoms with Gasteiger partial charge >= 0.3 is 0 Å². The first kappa shape index (κ1) is 23.3. The highest BCUT2D eigenvalue weighted by molar-refractivity contribution is 5.85. The molecular weight excluding hydrogens is 371 g/mol. The van der Waals surface area contributed by atoms with Crippen molar-refractivity contribution in [2.45, 2.75) is 58.4 Å². The van der Waals surface area contributed by atoms with Gasteiger partial charge in [0, 0.05) is 38.3 Å². The third-order valence-corrected chi connectivity index (χ3v) is 5.89. The van der Waals surface area contributed by atoms with Crippen molar-refractivity contribution in [2.24, 2.45) is 11.8 Å². The number of carbonyl (C=O) groups excluding carboxylic acids is 1. The molecule has 2 aliphatic rings. The standard InChI is InChI=1S/C19H32N4O.2ClH/c1-3-18-21-10-12-23(18)17-5-4-11-22(14-17)19(24)13-15(2)16-6-8-20-9-7-16;;/h10,12,15-17,20H,3-9,11,13-14H2,1-2H3;2*1H. The third-order valence-electron chi connectivity index (χ3n) is 5.89. The van der Waals surface area contributed by atoms with E-state index in [4.69, 9.17) is 0 Å². The SMILES string of the molecule is CCc1nccn1C1CCCN(C(=O)CC(C)C2CCNCC2)C1.Cl.Cl. The van der Waals surface area contributed by atoms with E-state index in [1.54, 1.807) is 0 Å². The van der Waals surface area contributed by atoms with Gasteiger partial charge in [-0.15, -0.1) is 24.8 Å². The molecule has 0 radical (unpaired) electrons. The van der Waals surface area contributed by atoms with Gasteiger partial charge in [0.05, 0.1) is 6.04 Å². The number of aryl methyl sites for hydroxylation is 1. The Balaban J connectivity index is 0.00000169. The summed E-state index contributed by atoms with van der Waals surface area (Å²) in [5.41, 5.74) is 0. The summed E-state index contributed by atoms with van der Waals surface area (Å²) in [6.07, 6.45) is 10.3. The summed E-state index contributed by atoms with van der Waals surface area (Å²) in [4.78, 5) is 19.4. The van der Waals surface area contributed by atoms with Crippen LogP contribution in [0.3, 0.4) is 0 Å². The van der Waals surface area contributed by atoms with Crippen LogP contribution < -0.4 is 5.32 Å². The Morgan fingerprint density at radius 1 is 1.31 bits per heavy atom. The summed E-state index contributed by atoms with van der Waals surface area (Å²) < 4.78 is 2.29. The molecule has 7 heteroatoms. The highest BCUT2D eigenvalue weighted by Crippen LogP contribution is 2.27. The van der Waals surface area contributed by atoms with Gasteiger partial charge in [0.2, 0.25) is 5.91 Å². The minimum absolute atomic E-state index is 0. The van der Waals surface area contributed by atoms with Crippen LogP contribution in [0.25, 0.3) is 0 Å². The van der Waals surface area contributed by atoms with E-state index in [0.29, 0.717) is 30.2 Å². The predicted molar refractivity (Wildman–Crippen MR) is 110 cm³/mol. The fraction of sp³-hybridized carbons (Fsp3) is 0.789. The van der Waals surface area contributed by atoms with Crippen molar-refractivity contribution in [3.8, 4) is 0 Å². The summed E-state index contributed by atoms with van der Waals surface area (Å²) in [7, 11) is 0. The zero-order valence-corrected chi connectivity index (χ0v) is 17.7. The monoisotopic (exact) mass is 404 g/mol. The lowest BCUT2D eigenvalue weighted by Gasteiger charge is -2.35. The van der Waals surface area contributed by atoms with E-state index in [0.717, 1.165) is 51.3 Å². The quantitative estimate of drug-likeness (QED) is 0.816. The molecule has 2 fully saturated rings. The van der Waals surface area contributed by atoms with Gasteiger partial charge in [-0.3, -0.25) is 4.79 Å². The first-order valence-corrected chi connectivity index (χ1v) is 9.69. The molecular formula is C19H34Cl2N4O. The molecule has 26 heavy (non-hydrogen) atoms. The van der Waals surface area contributed by atoms with Crippen molar-refractivity contribution in [1.82, 2.24) is 19.8 Å². The van der Waals surface area contributed by atoms with Crippen LogP contribution in [0.1, 0.15) is 57.8 Å². The number of likely N-dealkylation sites (tertiary alicyclic amines) is 1. The highest BCUT2D eigenvalue weighted by atomic mass is 35.5. The summed E-state index contributed by atoms with van der Waals surface area (Å²) >= 11 is 0. The van der Waals surface area contributed by atoms with Crippen LogP contribution in [0.4, 0.5) is 0 Å². The summed E-state index contributed by atoms with van der Waals surface area (Å²) in [6, 6.07) is 0.398. The molecule has 2 atom stereocenters. The van der Waals surface area contributed by atoms with E-state index in [-0.39, 0.29) is 24.8 Å². The topological polar surface area (TPSA) is 50.2 Å². The number of rotatable bonds is 5. The molecule has 2 saturated heterocycles. The molecule has 1 N–H and O–H groups in total. The Bertz CT molecular complexity index is 545. The van der Waals surface area contributed by atoms with Gasteiger partial charge in [-0.2, -0.15) is 0 Å². The number of carbonyl (C=O) groups is 1. The smallest absolute Gasteiger partial charge is 0.222 e. The molecule has 0 spiro atoms. The van der Waals surface area contributed by atoms with E-state index in [1.165, 1.54) is 12.8 Å². The van der Waals surface area contributed by atoms with Crippen LogP contribution in [-0.4, -0.2) is 46.5 Å².